The summed E-state index contributed by atoms with van der Waals surface area (Å²) in [5, 5.41) is 10.2. The van der Waals surface area contributed by atoms with Crippen molar-refractivity contribution in [2.75, 3.05) is 45.8 Å². The molecule has 0 aliphatic rings. The predicted molar refractivity (Wildman–Crippen MR) is 88.0 cm³/mol. The van der Waals surface area contributed by atoms with Crippen LogP contribution in [0.15, 0.2) is 0 Å². The van der Waals surface area contributed by atoms with Gasteiger partial charge in [-0.15, -0.1) is 0 Å². The van der Waals surface area contributed by atoms with Crippen LogP contribution in [0.1, 0.15) is 53.4 Å². The molecular formula is C16H37N3O. The summed E-state index contributed by atoms with van der Waals surface area (Å²) in [6.45, 7) is 15.8. The molecule has 0 heterocycles. The van der Waals surface area contributed by atoms with Crippen molar-refractivity contribution in [3.63, 3.8) is 0 Å². The first-order valence-corrected chi connectivity index (χ1v) is 8.42. The molecule has 1 atom stereocenters. The maximum Gasteiger partial charge on any atom is 0.0767 e. The molecule has 0 amide bonds. The summed E-state index contributed by atoms with van der Waals surface area (Å²) in [7, 11) is 0. The number of hydrogen-bond donors (Lipinski definition) is 2. The minimum absolute atomic E-state index is 0.373. The molecule has 1 unspecified atom stereocenters. The Labute approximate surface area is 126 Å². The van der Waals surface area contributed by atoms with Crippen molar-refractivity contribution in [1.82, 2.24) is 9.80 Å². The van der Waals surface area contributed by atoms with Crippen LogP contribution in [-0.2, 0) is 0 Å². The lowest BCUT2D eigenvalue weighted by Crippen LogP contribution is -2.38. The molecule has 0 aliphatic heterocycles. The van der Waals surface area contributed by atoms with Gasteiger partial charge in [0.1, 0.15) is 0 Å². The zero-order valence-corrected chi connectivity index (χ0v) is 14.2. The zero-order chi connectivity index (χ0) is 15.4. The van der Waals surface area contributed by atoms with Crippen molar-refractivity contribution in [1.29, 1.82) is 0 Å². The normalized spacial score (nSPS) is 15.0. The van der Waals surface area contributed by atoms with Gasteiger partial charge in [-0.25, -0.2) is 0 Å². The Kier molecular flexibility index (Phi) is 11.4. The predicted octanol–water partition coefficient (Wildman–Crippen LogP) is 1.92. The van der Waals surface area contributed by atoms with Crippen molar-refractivity contribution in [2.24, 2.45) is 5.73 Å². The zero-order valence-electron chi connectivity index (χ0n) is 14.2. The maximum absolute atomic E-state index is 10.2. The Morgan fingerprint density at radius 3 is 1.80 bits per heavy atom. The lowest BCUT2D eigenvalue weighted by atomic mass is 9.95. The summed E-state index contributed by atoms with van der Waals surface area (Å²) in [6.07, 6.45) is 3.81. The molecule has 122 valence electrons. The smallest absolute Gasteiger partial charge is 0.0767 e. The highest BCUT2D eigenvalue weighted by molar-refractivity contribution is 4.78. The van der Waals surface area contributed by atoms with Crippen LogP contribution in [0.4, 0.5) is 0 Å². The minimum atomic E-state index is -0.652. The summed E-state index contributed by atoms with van der Waals surface area (Å²) < 4.78 is 0. The van der Waals surface area contributed by atoms with Crippen molar-refractivity contribution in [2.45, 2.75) is 59.0 Å². The summed E-state index contributed by atoms with van der Waals surface area (Å²) in [5.74, 6) is 0. The summed E-state index contributed by atoms with van der Waals surface area (Å²) in [4.78, 5) is 4.95. The topological polar surface area (TPSA) is 52.7 Å². The van der Waals surface area contributed by atoms with Crippen LogP contribution < -0.4 is 5.73 Å². The van der Waals surface area contributed by atoms with E-state index in [-0.39, 0.29) is 0 Å². The average Bonchev–Trinajstić information content (AvgIpc) is 2.49. The van der Waals surface area contributed by atoms with Gasteiger partial charge in [-0.2, -0.15) is 0 Å². The van der Waals surface area contributed by atoms with Gasteiger partial charge in [-0.05, 0) is 65.0 Å². The van der Waals surface area contributed by atoms with E-state index in [1.807, 2.05) is 6.92 Å². The number of nitrogens with zero attached hydrogens (tertiary/aromatic N) is 2. The molecule has 20 heavy (non-hydrogen) atoms. The Bertz CT molecular complexity index is 216. The highest BCUT2D eigenvalue weighted by atomic mass is 16.3. The molecule has 0 fully saturated rings. The van der Waals surface area contributed by atoms with Gasteiger partial charge in [-0.1, -0.05) is 27.7 Å². The van der Waals surface area contributed by atoms with Gasteiger partial charge in [0.05, 0.1) is 5.60 Å². The van der Waals surface area contributed by atoms with E-state index in [2.05, 4.69) is 30.6 Å². The molecule has 0 aromatic heterocycles. The molecule has 0 aromatic carbocycles. The van der Waals surface area contributed by atoms with Crippen molar-refractivity contribution in [3.05, 3.63) is 0 Å². The Morgan fingerprint density at radius 1 is 0.850 bits per heavy atom. The highest BCUT2D eigenvalue weighted by Crippen LogP contribution is 2.15. The largest absolute Gasteiger partial charge is 0.389 e. The number of hydrogen-bond acceptors (Lipinski definition) is 4. The molecule has 0 saturated carbocycles. The second-order valence-electron chi connectivity index (χ2n) is 5.70. The lowest BCUT2D eigenvalue weighted by Gasteiger charge is -2.27. The van der Waals surface area contributed by atoms with Crippen molar-refractivity contribution < 1.29 is 5.11 Å². The Hall–Kier alpha value is -0.160. The van der Waals surface area contributed by atoms with E-state index in [1.54, 1.807) is 0 Å². The van der Waals surface area contributed by atoms with Crippen molar-refractivity contribution in [3.8, 4) is 0 Å². The Morgan fingerprint density at radius 2 is 1.35 bits per heavy atom. The van der Waals surface area contributed by atoms with E-state index >= 15 is 0 Å². The van der Waals surface area contributed by atoms with Gasteiger partial charge < -0.3 is 20.6 Å². The van der Waals surface area contributed by atoms with Gasteiger partial charge in [0.15, 0.2) is 0 Å². The van der Waals surface area contributed by atoms with Gasteiger partial charge in [0.25, 0.3) is 0 Å². The molecular weight excluding hydrogens is 250 g/mol. The quantitative estimate of drug-likeness (QED) is 0.543. The SMILES string of the molecule is CCN(CC)CCCN(CC)CCCC(O)(CC)CN. The summed E-state index contributed by atoms with van der Waals surface area (Å²) in [5.41, 5.74) is 4.99. The van der Waals surface area contributed by atoms with Gasteiger partial charge in [-0.3, -0.25) is 0 Å². The second kappa shape index (κ2) is 11.5. The van der Waals surface area contributed by atoms with Crippen LogP contribution in [0, 0.1) is 0 Å². The van der Waals surface area contributed by atoms with Crippen LogP contribution in [0.3, 0.4) is 0 Å². The van der Waals surface area contributed by atoms with Crippen LogP contribution >= 0.6 is 0 Å². The standard InChI is InChI=1S/C16H37N3O/c1-5-16(20,15-17)11-9-12-19(8-4)14-10-13-18(6-2)7-3/h20H,5-15,17H2,1-4H3. The van der Waals surface area contributed by atoms with E-state index in [0.29, 0.717) is 6.54 Å². The fraction of sp³-hybridized carbons (Fsp3) is 1.00. The molecule has 0 saturated heterocycles. The number of nitrogens with two attached hydrogens (primary N) is 1. The van der Waals surface area contributed by atoms with Gasteiger partial charge in [0, 0.05) is 6.54 Å². The number of aliphatic hydroxyl groups is 1. The first-order valence-electron chi connectivity index (χ1n) is 8.42. The van der Waals surface area contributed by atoms with E-state index in [0.717, 1.165) is 52.0 Å². The summed E-state index contributed by atoms with van der Waals surface area (Å²) in [6, 6.07) is 0. The van der Waals surface area contributed by atoms with Crippen LogP contribution in [0.2, 0.25) is 0 Å². The summed E-state index contributed by atoms with van der Waals surface area (Å²) >= 11 is 0. The van der Waals surface area contributed by atoms with Crippen molar-refractivity contribution >= 4 is 0 Å². The maximum atomic E-state index is 10.2. The number of rotatable bonds is 13. The van der Waals surface area contributed by atoms with Crippen LogP contribution in [-0.4, -0.2) is 66.3 Å². The van der Waals surface area contributed by atoms with E-state index < -0.39 is 5.60 Å². The molecule has 0 rings (SSSR count). The van der Waals surface area contributed by atoms with E-state index in [4.69, 9.17) is 5.73 Å². The van der Waals surface area contributed by atoms with Gasteiger partial charge >= 0.3 is 0 Å². The third-order valence-electron chi connectivity index (χ3n) is 4.44. The molecule has 0 radical (unpaired) electrons. The molecule has 4 heteroatoms. The third-order valence-corrected chi connectivity index (χ3v) is 4.44. The van der Waals surface area contributed by atoms with E-state index in [1.165, 1.54) is 13.0 Å². The van der Waals surface area contributed by atoms with E-state index in [9.17, 15) is 5.11 Å². The fourth-order valence-corrected chi connectivity index (χ4v) is 2.54. The first kappa shape index (κ1) is 19.8. The second-order valence-corrected chi connectivity index (χ2v) is 5.70. The molecule has 3 N–H and O–H groups in total. The highest BCUT2D eigenvalue weighted by Gasteiger charge is 2.21. The molecule has 0 spiro atoms. The first-order chi connectivity index (χ1) is 9.55. The van der Waals surface area contributed by atoms with Crippen LogP contribution in [0.5, 0.6) is 0 Å². The lowest BCUT2D eigenvalue weighted by molar-refractivity contribution is 0.0316. The molecule has 0 bridgehead atoms. The molecule has 4 nitrogen and oxygen atoms in total. The monoisotopic (exact) mass is 287 g/mol. The average molecular weight is 287 g/mol. The molecule has 0 aromatic rings. The molecule has 0 aliphatic carbocycles. The third kappa shape index (κ3) is 8.20. The van der Waals surface area contributed by atoms with Gasteiger partial charge in [0.2, 0.25) is 0 Å². The fourth-order valence-electron chi connectivity index (χ4n) is 2.54. The Balaban J connectivity index is 3.87. The minimum Gasteiger partial charge on any atom is -0.389 e. The van der Waals surface area contributed by atoms with Crippen LogP contribution in [0.25, 0.3) is 0 Å².